The van der Waals surface area contributed by atoms with E-state index in [0.717, 1.165) is 34.6 Å². The lowest BCUT2D eigenvalue weighted by molar-refractivity contribution is -0.124. The molecule has 0 fully saturated rings. The summed E-state index contributed by atoms with van der Waals surface area (Å²) in [6.07, 6.45) is 5.40. The molecule has 9 heteroatoms. The number of fused-ring (bicyclic) bond motifs is 1. The Kier molecular flexibility index (Phi) is 7.40. The maximum atomic E-state index is 13.6. The van der Waals surface area contributed by atoms with E-state index in [1.807, 2.05) is 49.4 Å². The number of benzene rings is 1. The van der Waals surface area contributed by atoms with Gasteiger partial charge in [0.15, 0.2) is 5.82 Å². The van der Waals surface area contributed by atoms with Crippen LogP contribution < -0.4 is 21.9 Å². The number of rotatable bonds is 9. The lowest BCUT2D eigenvalue weighted by atomic mass is 9.75. The third-order valence-corrected chi connectivity index (χ3v) is 7.67. The van der Waals surface area contributed by atoms with Gasteiger partial charge in [0.1, 0.15) is 11.9 Å². The molecular weight excluding hydrogens is 490 g/mol. The first-order valence-electron chi connectivity index (χ1n) is 13.2. The maximum absolute atomic E-state index is 13.6. The zero-order chi connectivity index (χ0) is 27.4. The van der Waals surface area contributed by atoms with Crippen LogP contribution >= 0.6 is 0 Å². The highest BCUT2D eigenvalue weighted by Crippen LogP contribution is 2.34. The standard InChI is InChI=1S/C30H33N7O2/c1-3-30(22-9-5-4-6-10-22,25-11-7-8-16-32-25)19-35-27-29(39)37-23(18-33-27)13-14-24(37)28(38)34-17-21-12-15-26(31)36-20(21)2/h4-12,15-16,18,24H,3,13-14,17,19H2,1-2H3,(H2,31,36)(H,33,35)(H,34,38)/t24-,30+/m0/s1. The number of anilines is 2. The maximum Gasteiger partial charge on any atom is 0.294 e. The molecule has 0 saturated heterocycles. The molecule has 4 heterocycles. The van der Waals surface area contributed by atoms with Crippen molar-refractivity contribution in [2.75, 3.05) is 17.6 Å². The van der Waals surface area contributed by atoms with Gasteiger partial charge in [0, 0.05) is 36.9 Å². The van der Waals surface area contributed by atoms with Crippen LogP contribution in [0.1, 0.15) is 54.0 Å². The fourth-order valence-corrected chi connectivity index (χ4v) is 5.40. The van der Waals surface area contributed by atoms with E-state index in [1.165, 1.54) is 0 Å². The number of nitrogens with one attached hydrogen (secondary N) is 2. The molecule has 0 saturated carbocycles. The van der Waals surface area contributed by atoms with Crippen LogP contribution in [-0.2, 0) is 23.2 Å². The lowest BCUT2D eigenvalue weighted by Gasteiger charge is -2.33. The summed E-state index contributed by atoms with van der Waals surface area (Å²) < 4.78 is 1.58. The molecule has 200 valence electrons. The van der Waals surface area contributed by atoms with Gasteiger partial charge in [-0.1, -0.05) is 49.4 Å². The van der Waals surface area contributed by atoms with Gasteiger partial charge < -0.3 is 16.4 Å². The van der Waals surface area contributed by atoms with Crippen molar-refractivity contribution in [3.63, 3.8) is 0 Å². The molecule has 1 aromatic carbocycles. The number of carbonyl (C=O) groups is 1. The summed E-state index contributed by atoms with van der Waals surface area (Å²) in [5, 5.41) is 6.29. The number of aromatic nitrogens is 4. The minimum Gasteiger partial charge on any atom is -0.384 e. The van der Waals surface area contributed by atoms with Gasteiger partial charge in [0.05, 0.1) is 11.1 Å². The molecule has 0 radical (unpaired) electrons. The van der Waals surface area contributed by atoms with Crippen molar-refractivity contribution in [2.45, 2.75) is 51.1 Å². The molecule has 1 aliphatic rings. The third-order valence-electron chi connectivity index (χ3n) is 7.67. The number of carbonyl (C=O) groups excluding carboxylic acids is 1. The van der Waals surface area contributed by atoms with E-state index in [0.29, 0.717) is 31.7 Å². The summed E-state index contributed by atoms with van der Waals surface area (Å²) in [5.74, 6) is 0.459. The Morgan fingerprint density at radius 3 is 2.62 bits per heavy atom. The number of amides is 1. The van der Waals surface area contributed by atoms with Crippen LogP contribution in [0, 0.1) is 6.92 Å². The average molecular weight is 524 g/mol. The molecule has 1 amide bonds. The van der Waals surface area contributed by atoms with Crippen LogP contribution in [-0.4, -0.2) is 32.0 Å². The zero-order valence-electron chi connectivity index (χ0n) is 22.2. The van der Waals surface area contributed by atoms with Gasteiger partial charge in [-0.25, -0.2) is 9.97 Å². The minimum absolute atomic E-state index is 0.204. The molecule has 4 aromatic rings. The summed E-state index contributed by atoms with van der Waals surface area (Å²) >= 11 is 0. The normalized spacial score (nSPS) is 15.8. The summed E-state index contributed by atoms with van der Waals surface area (Å²) in [7, 11) is 0. The highest BCUT2D eigenvalue weighted by atomic mass is 16.2. The van der Waals surface area contributed by atoms with Crippen molar-refractivity contribution in [3.05, 3.63) is 112 Å². The van der Waals surface area contributed by atoms with E-state index >= 15 is 0 Å². The lowest BCUT2D eigenvalue weighted by Crippen LogP contribution is -2.39. The van der Waals surface area contributed by atoms with Crippen molar-refractivity contribution in [1.29, 1.82) is 0 Å². The van der Waals surface area contributed by atoms with Crippen LogP contribution in [0.4, 0.5) is 11.6 Å². The fraction of sp³-hybridized carbons (Fsp3) is 0.300. The van der Waals surface area contributed by atoms with Crippen LogP contribution in [0.5, 0.6) is 0 Å². The Morgan fingerprint density at radius 2 is 1.90 bits per heavy atom. The number of nitrogens with two attached hydrogens (primary N) is 1. The molecule has 0 bridgehead atoms. The van der Waals surface area contributed by atoms with E-state index in [1.54, 1.807) is 23.0 Å². The van der Waals surface area contributed by atoms with E-state index in [-0.39, 0.29) is 17.3 Å². The fourth-order valence-electron chi connectivity index (χ4n) is 5.40. The number of nitrogen functional groups attached to an aromatic ring is 1. The van der Waals surface area contributed by atoms with Crippen LogP contribution in [0.25, 0.3) is 0 Å². The third kappa shape index (κ3) is 5.12. The SMILES string of the molecule is CC[C@@](CNc1ncc2n(c1=O)[C@H](C(=O)NCc1ccc(N)nc1C)CC2)(c1ccccc1)c1ccccn1. The first-order chi connectivity index (χ1) is 18.9. The highest BCUT2D eigenvalue weighted by molar-refractivity contribution is 5.81. The number of aryl methyl sites for hydroxylation is 2. The Bertz CT molecular complexity index is 1480. The van der Waals surface area contributed by atoms with E-state index in [4.69, 9.17) is 5.73 Å². The summed E-state index contributed by atoms with van der Waals surface area (Å²) in [6.45, 7) is 4.71. The van der Waals surface area contributed by atoms with Crippen molar-refractivity contribution >= 4 is 17.5 Å². The predicted molar refractivity (Wildman–Crippen MR) is 151 cm³/mol. The second-order valence-corrected chi connectivity index (χ2v) is 9.90. The van der Waals surface area contributed by atoms with Gasteiger partial charge in [0.25, 0.3) is 5.56 Å². The topological polar surface area (TPSA) is 128 Å². The van der Waals surface area contributed by atoms with Crippen molar-refractivity contribution in [3.8, 4) is 0 Å². The van der Waals surface area contributed by atoms with Crippen molar-refractivity contribution in [1.82, 2.24) is 24.8 Å². The minimum atomic E-state index is -0.598. The first-order valence-corrected chi connectivity index (χ1v) is 13.2. The quantitative estimate of drug-likeness (QED) is 0.306. The summed E-state index contributed by atoms with van der Waals surface area (Å²) in [5.41, 5.74) is 9.39. The zero-order valence-corrected chi connectivity index (χ0v) is 22.2. The molecule has 39 heavy (non-hydrogen) atoms. The van der Waals surface area contributed by atoms with Gasteiger partial charge in [0.2, 0.25) is 5.91 Å². The monoisotopic (exact) mass is 523 g/mol. The molecule has 9 nitrogen and oxygen atoms in total. The summed E-state index contributed by atoms with van der Waals surface area (Å²) in [4.78, 5) is 40.2. The Morgan fingerprint density at radius 1 is 1.10 bits per heavy atom. The van der Waals surface area contributed by atoms with Gasteiger partial charge in [-0.2, -0.15) is 0 Å². The number of hydrogen-bond acceptors (Lipinski definition) is 7. The second kappa shape index (κ2) is 11.1. The van der Waals surface area contributed by atoms with Gasteiger partial charge >= 0.3 is 0 Å². The smallest absolute Gasteiger partial charge is 0.294 e. The van der Waals surface area contributed by atoms with E-state index in [2.05, 4.69) is 44.6 Å². The van der Waals surface area contributed by atoms with Crippen LogP contribution in [0.3, 0.4) is 0 Å². The Hall–Kier alpha value is -4.53. The average Bonchev–Trinajstić information content (AvgIpc) is 3.40. The molecule has 3 aromatic heterocycles. The molecule has 4 N–H and O–H groups in total. The van der Waals surface area contributed by atoms with Gasteiger partial charge in [-0.05, 0) is 55.5 Å². The number of nitrogens with zero attached hydrogens (tertiary/aromatic N) is 4. The molecular formula is C30H33N7O2. The second-order valence-electron chi connectivity index (χ2n) is 9.90. The molecule has 2 atom stereocenters. The molecule has 5 rings (SSSR count). The van der Waals surface area contributed by atoms with Crippen LogP contribution in [0.2, 0.25) is 0 Å². The summed E-state index contributed by atoms with van der Waals surface area (Å²) in [6, 6.07) is 19.0. The number of pyridine rings is 2. The first kappa shape index (κ1) is 26.1. The number of hydrogen-bond donors (Lipinski definition) is 3. The van der Waals surface area contributed by atoms with E-state index in [9.17, 15) is 9.59 Å². The Balaban J connectivity index is 1.39. The highest BCUT2D eigenvalue weighted by Gasteiger charge is 2.35. The molecule has 1 aliphatic heterocycles. The van der Waals surface area contributed by atoms with Gasteiger partial charge in [-0.15, -0.1) is 0 Å². The van der Waals surface area contributed by atoms with Crippen molar-refractivity contribution in [2.24, 2.45) is 0 Å². The molecule has 0 spiro atoms. The van der Waals surface area contributed by atoms with E-state index < -0.39 is 11.5 Å². The largest absolute Gasteiger partial charge is 0.384 e. The van der Waals surface area contributed by atoms with Crippen molar-refractivity contribution < 1.29 is 4.79 Å². The predicted octanol–water partition coefficient (Wildman–Crippen LogP) is 3.54. The van der Waals surface area contributed by atoms with Crippen LogP contribution in [0.15, 0.2) is 77.9 Å². The Labute approximate surface area is 227 Å². The molecule has 0 unspecified atom stereocenters. The van der Waals surface area contributed by atoms with Gasteiger partial charge in [-0.3, -0.25) is 19.1 Å². The molecule has 0 aliphatic carbocycles.